The Hall–Kier alpha value is -3.38. The topological polar surface area (TPSA) is 57.2 Å². The molecule has 1 amide bonds. The fourth-order valence-electron chi connectivity index (χ4n) is 6.20. The molecule has 200 valence electrons. The summed E-state index contributed by atoms with van der Waals surface area (Å²) in [6, 6.07) is 17.4. The highest BCUT2D eigenvalue weighted by Crippen LogP contribution is 2.48. The second-order valence-corrected chi connectivity index (χ2v) is 10.4. The zero-order valence-corrected chi connectivity index (χ0v) is 23.1. The van der Waals surface area contributed by atoms with Gasteiger partial charge < -0.3 is 23.8 Å². The molecule has 6 nitrogen and oxygen atoms in total. The zero-order chi connectivity index (χ0) is 26.9. The molecule has 0 N–H and O–H groups in total. The van der Waals surface area contributed by atoms with E-state index in [9.17, 15) is 4.79 Å². The fraction of sp³-hybridized carbons (Fsp3) is 0.387. The smallest absolute Gasteiger partial charge is 0.234 e. The Morgan fingerprint density at radius 3 is 2.05 bits per heavy atom. The maximum absolute atomic E-state index is 14.7. The number of nitrogens with zero attached hydrogens (tertiary/aromatic N) is 1. The van der Waals surface area contributed by atoms with Crippen LogP contribution in [0, 0.1) is 0 Å². The Kier molecular flexibility index (Phi) is 7.44. The van der Waals surface area contributed by atoms with Gasteiger partial charge in [-0.05, 0) is 77.9 Å². The first-order chi connectivity index (χ1) is 18.4. The minimum Gasteiger partial charge on any atom is -0.493 e. The average Bonchev–Trinajstić information content (AvgIpc) is 3.46. The van der Waals surface area contributed by atoms with Crippen molar-refractivity contribution in [3.8, 4) is 23.0 Å². The molecule has 3 aromatic rings. The molecule has 2 aliphatic rings. The second kappa shape index (κ2) is 10.8. The van der Waals surface area contributed by atoms with Gasteiger partial charge in [-0.1, -0.05) is 42.6 Å². The molecule has 5 rings (SSSR count). The number of fused-ring (bicyclic) bond motifs is 1. The summed E-state index contributed by atoms with van der Waals surface area (Å²) >= 11 is 6.22. The predicted octanol–water partition coefficient (Wildman–Crippen LogP) is 6.36. The molecule has 0 aromatic heterocycles. The summed E-state index contributed by atoms with van der Waals surface area (Å²) in [5.41, 5.74) is 3.58. The lowest BCUT2D eigenvalue weighted by Gasteiger charge is -2.43. The SMILES string of the molecule is COc1ccc(C2c3cc(OC)c(OC)cc3CCN2C(=O)C2(c3ccc(Cl)cc3)CCCC2)cc1OC. The number of rotatable bonds is 7. The maximum Gasteiger partial charge on any atom is 0.234 e. The van der Waals surface area contributed by atoms with Gasteiger partial charge in [0.15, 0.2) is 23.0 Å². The second-order valence-electron chi connectivity index (χ2n) is 9.97. The van der Waals surface area contributed by atoms with E-state index in [2.05, 4.69) is 4.90 Å². The van der Waals surface area contributed by atoms with Crippen LogP contribution in [0.15, 0.2) is 54.6 Å². The Balaban J connectivity index is 1.67. The van der Waals surface area contributed by atoms with Gasteiger partial charge in [0.05, 0.1) is 39.9 Å². The largest absolute Gasteiger partial charge is 0.493 e. The highest BCUT2D eigenvalue weighted by Gasteiger charge is 2.48. The van der Waals surface area contributed by atoms with E-state index >= 15 is 0 Å². The summed E-state index contributed by atoms with van der Waals surface area (Å²) in [7, 11) is 6.53. The minimum atomic E-state index is -0.576. The number of methoxy groups -OCH3 is 4. The van der Waals surface area contributed by atoms with Crippen LogP contribution in [0.25, 0.3) is 0 Å². The van der Waals surface area contributed by atoms with Gasteiger partial charge >= 0.3 is 0 Å². The van der Waals surface area contributed by atoms with E-state index < -0.39 is 5.41 Å². The van der Waals surface area contributed by atoms with Crippen molar-refractivity contribution in [1.29, 1.82) is 0 Å². The van der Waals surface area contributed by atoms with Crippen LogP contribution in [0.2, 0.25) is 5.02 Å². The molecule has 1 atom stereocenters. The first-order valence-corrected chi connectivity index (χ1v) is 13.4. The van der Waals surface area contributed by atoms with E-state index in [1.165, 1.54) is 0 Å². The number of hydrogen-bond donors (Lipinski definition) is 0. The van der Waals surface area contributed by atoms with Crippen molar-refractivity contribution in [2.24, 2.45) is 0 Å². The van der Waals surface area contributed by atoms with Gasteiger partial charge in [-0.15, -0.1) is 0 Å². The van der Waals surface area contributed by atoms with Gasteiger partial charge in [0.25, 0.3) is 0 Å². The van der Waals surface area contributed by atoms with Crippen LogP contribution in [0.4, 0.5) is 0 Å². The first-order valence-electron chi connectivity index (χ1n) is 13.0. The third-order valence-electron chi connectivity index (χ3n) is 8.12. The van der Waals surface area contributed by atoms with Gasteiger partial charge in [0, 0.05) is 11.6 Å². The molecular formula is C31H34ClNO5. The summed E-state index contributed by atoms with van der Waals surface area (Å²) in [6.45, 7) is 0.593. The lowest BCUT2D eigenvalue weighted by atomic mass is 9.76. The molecule has 1 saturated carbocycles. The van der Waals surface area contributed by atoms with Crippen LogP contribution in [0.5, 0.6) is 23.0 Å². The standard InChI is InChI=1S/C31H34ClNO5/c1-35-25-12-7-21(18-26(25)36-2)29-24-19-28(38-4)27(37-3)17-20(24)13-16-33(29)30(34)31(14-5-6-15-31)22-8-10-23(32)11-9-22/h7-12,17-19,29H,5-6,13-16H2,1-4H3. The first kappa shape index (κ1) is 26.2. The van der Waals surface area contributed by atoms with Gasteiger partial charge in [-0.2, -0.15) is 0 Å². The molecule has 1 heterocycles. The van der Waals surface area contributed by atoms with Gasteiger partial charge in [-0.3, -0.25) is 4.79 Å². The summed E-state index contributed by atoms with van der Waals surface area (Å²) < 4.78 is 22.4. The average molecular weight is 536 g/mol. The van der Waals surface area contributed by atoms with Gasteiger partial charge in [0.1, 0.15) is 0 Å². The Labute approximate surface area is 229 Å². The van der Waals surface area contributed by atoms with E-state index in [0.29, 0.717) is 34.6 Å². The van der Waals surface area contributed by atoms with Crippen LogP contribution in [-0.2, 0) is 16.6 Å². The van der Waals surface area contributed by atoms with Crippen molar-refractivity contribution in [3.63, 3.8) is 0 Å². The van der Waals surface area contributed by atoms with Crippen molar-refractivity contribution in [2.45, 2.75) is 43.6 Å². The molecule has 1 aliphatic carbocycles. The molecule has 0 spiro atoms. The molecule has 38 heavy (non-hydrogen) atoms. The van der Waals surface area contributed by atoms with E-state index in [-0.39, 0.29) is 11.9 Å². The summed E-state index contributed by atoms with van der Waals surface area (Å²) in [5, 5.41) is 0.672. The quantitative estimate of drug-likeness (QED) is 0.352. The molecule has 0 bridgehead atoms. The van der Waals surface area contributed by atoms with Crippen LogP contribution in [0.3, 0.4) is 0 Å². The molecule has 0 radical (unpaired) electrons. The van der Waals surface area contributed by atoms with E-state index in [4.69, 9.17) is 30.5 Å². The number of ether oxygens (including phenoxy) is 4. The monoisotopic (exact) mass is 535 g/mol. The molecule has 7 heteroatoms. The van der Waals surface area contributed by atoms with Crippen LogP contribution in [-0.4, -0.2) is 45.8 Å². The molecule has 1 fully saturated rings. The van der Waals surface area contributed by atoms with Crippen molar-refractivity contribution in [3.05, 3.63) is 81.9 Å². The highest BCUT2D eigenvalue weighted by molar-refractivity contribution is 6.30. The number of amides is 1. The number of carbonyl (C=O) groups excluding carboxylic acids is 1. The van der Waals surface area contributed by atoms with Crippen molar-refractivity contribution >= 4 is 17.5 Å². The number of halogens is 1. The predicted molar refractivity (Wildman–Crippen MR) is 148 cm³/mol. The summed E-state index contributed by atoms with van der Waals surface area (Å²) in [6.07, 6.45) is 4.40. The summed E-state index contributed by atoms with van der Waals surface area (Å²) in [4.78, 5) is 16.8. The third kappa shape index (κ3) is 4.45. The molecule has 3 aromatic carbocycles. The third-order valence-corrected chi connectivity index (χ3v) is 8.37. The summed E-state index contributed by atoms with van der Waals surface area (Å²) in [5.74, 6) is 2.74. The normalized spacial score (nSPS) is 18.0. The van der Waals surface area contributed by atoms with Gasteiger partial charge in [0.2, 0.25) is 5.91 Å². The van der Waals surface area contributed by atoms with E-state index in [1.54, 1.807) is 28.4 Å². The van der Waals surface area contributed by atoms with Crippen molar-refractivity contribution < 1.29 is 23.7 Å². The molecule has 1 aliphatic heterocycles. The zero-order valence-electron chi connectivity index (χ0n) is 22.4. The molecular weight excluding hydrogens is 502 g/mol. The Morgan fingerprint density at radius 2 is 1.42 bits per heavy atom. The molecule has 1 unspecified atom stereocenters. The van der Waals surface area contributed by atoms with Crippen LogP contribution < -0.4 is 18.9 Å². The maximum atomic E-state index is 14.7. The molecule has 0 saturated heterocycles. The van der Waals surface area contributed by atoms with E-state index in [0.717, 1.165) is 54.4 Å². The van der Waals surface area contributed by atoms with Crippen molar-refractivity contribution in [2.75, 3.05) is 35.0 Å². The van der Waals surface area contributed by atoms with E-state index in [1.807, 2.05) is 54.6 Å². The lowest BCUT2D eigenvalue weighted by molar-refractivity contribution is -0.139. The minimum absolute atomic E-state index is 0.151. The van der Waals surface area contributed by atoms with Crippen LogP contribution in [0.1, 0.15) is 54.0 Å². The van der Waals surface area contributed by atoms with Gasteiger partial charge in [-0.25, -0.2) is 0 Å². The van der Waals surface area contributed by atoms with Crippen molar-refractivity contribution in [1.82, 2.24) is 4.90 Å². The Morgan fingerprint density at radius 1 is 0.816 bits per heavy atom. The number of hydrogen-bond acceptors (Lipinski definition) is 5. The number of carbonyl (C=O) groups is 1. The fourth-order valence-corrected chi connectivity index (χ4v) is 6.32. The lowest BCUT2D eigenvalue weighted by Crippen LogP contribution is -2.49. The highest BCUT2D eigenvalue weighted by atomic mass is 35.5. The number of benzene rings is 3. The Bertz CT molecular complexity index is 1320. The van der Waals surface area contributed by atoms with Crippen LogP contribution >= 0.6 is 11.6 Å².